The Bertz CT molecular complexity index is 836. The van der Waals surface area contributed by atoms with E-state index in [0.717, 1.165) is 49.3 Å². The molecule has 0 spiro atoms. The van der Waals surface area contributed by atoms with Crippen molar-refractivity contribution in [3.05, 3.63) is 24.5 Å². The highest BCUT2D eigenvalue weighted by Crippen LogP contribution is 2.44. The molecule has 152 valence electrons. The predicted molar refractivity (Wildman–Crippen MR) is 105 cm³/mol. The first-order valence-electron chi connectivity index (χ1n) is 9.98. The Morgan fingerprint density at radius 3 is 2.71 bits per heavy atom. The van der Waals surface area contributed by atoms with Crippen molar-refractivity contribution < 1.29 is 13.6 Å². The van der Waals surface area contributed by atoms with E-state index in [4.69, 9.17) is 0 Å². The van der Waals surface area contributed by atoms with E-state index in [2.05, 4.69) is 33.2 Å². The number of para-hydroxylation sites is 1. The number of carbonyl (C=O) groups excluding carboxylic acids is 1. The normalized spacial score (nSPS) is 20.3. The summed E-state index contributed by atoms with van der Waals surface area (Å²) in [4.78, 5) is 21.7. The lowest BCUT2D eigenvalue weighted by Crippen LogP contribution is -2.44. The third-order valence-electron chi connectivity index (χ3n) is 5.86. The summed E-state index contributed by atoms with van der Waals surface area (Å²) in [5.41, 5.74) is 2.68. The van der Waals surface area contributed by atoms with Crippen molar-refractivity contribution in [2.45, 2.75) is 31.6 Å². The second-order valence-electron chi connectivity index (χ2n) is 8.05. The SMILES string of the molecule is CN1CCN(c2cccc3c2ncn3C(=O)NCCCC2CC(F)(F)C2)CC1. The second-order valence-corrected chi connectivity index (χ2v) is 8.05. The van der Waals surface area contributed by atoms with Crippen LogP contribution >= 0.6 is 0 Å². The molecule has 1 aliphatic heterocycles. The fourth-order valence-electron chi connectivity index (χ4n) is 4.15. The van der Waals surface area contributed by atoms with E-state index in [1.165, 1.54) is 4.57 Å². The molecular weight excluding hydrogens is 364 g/mol. The Morgan fingerprint density at radius 2 is 2.00 bits per heavy atom. The number of nitrogens with zero attached hydrogens (tertiary/aromatic N) is 4. The van der Waals surface area contributed by atoms with Crippen LogP contribution in [0.2, 0.25) is 0 Å². The molecule has 1 aromatic heterocycles. The van der Waals surface area contributed by atoms with Crippen molar-refractivity contribution in [2.24, 2.45) is 5.92 Å². The molecule has 1 aromatic carbocycles. The van der Waals surface area contributed by atoms with Crippen LogP contribution in [0.5, 0.6) is 0 Å². The van der Waals surface area contributed by atoms with Gasteiger partial charge in [0.05, 0.1) is 11.2 Å². The third kappa shape index (κ3) is 3.97. The van der Waals surface area contributed by atoms with Gasteiger partial charge < -0.3 is 15.1 Å². The third-order valence-corrected chi connectivity index (χ3v) is 5.86. The van der Waals surface area contributed by atoms with Gasteiger partial charge in [-0.15, -0.1) is 0 Å². The van der Waals surface area contributed by atoms with Crippen LogP contribution < -0.4 is 10.2 Å². The van der Waals surface area contributed by atoms with Gasteiger partial charge in [0, 0.05) is 45.6 Å². The highest BCUT2D eigenvalue weighted by molar-refractivity contribution is 5.95. The largest absolute Gasteiger partial charge is 0.367 e. The number of likely N-dealkylation sites (N-methyl/N-ethyl adjacent to an activating group) is 1. The lowest BCUT2D eigenvalue weighted by molar-refractivity contribution is -0.112. The van der Waals surface area contributed by atoms with E-state index >= 15 is 0 Å². The topological polar surface area (TPSA) is 53.4 Å². The molecule has 28 heavy (non-hydrogen) atoms. The number of carbonyl (C=O) groups is 1. The molecular formula is C20H27F2N5O. The number of hydrogen-bond acceptors (Lipinski definition) is 4. The number of aromatic nitrogens is 2. The summed E-state index contributed by atoms with van der Waals surface area (Å²) in [6.07, 6.45) is 2.98. The molecule has 6 nitrogen and oxygen atoms in total. The number of anilines is 1. The van der Waals surface area contributed by atoms with Gasteiger partial charge in [-0.3, -0.25) is 4.57 Å². The summed E-state index contributed by atoms with van der Waals surface area (Å²) in [6.45, 7) is 4.37. The number of rotatable bonds is 5. The predicted octanol–water partition coefficient (Wildman–Crippen LogP) is 3.17. The number of benzene rings is 1. The minimum atomic E-state index is -2.47. The van der Waals surface area contributed by atoms with Crippen molar-refractivity contribution in [1.82, 2.24) is 19.8 Å². The Labute approximate surface area is 163 Å². The van der Waals surface area contributed by atoms with Crippen LogP contribution in [0.3, 0.4) is 0 Å². The zero-order chi connectivity index (χ0) is 19.7. The molecule has 2 aliphatic rings. The van der Waals surface area contributed by atoms with Crippen molar-refractivity contribution in [1.29, 1.82) is 0 Å². The number of piperazine rings is 1. The van der Waals surface area contributed by atoms with Gasteiger partial charge in [-0.25, -0.2) is 18.6 Å². The number of nitrogens with one attached hydrogen (secondary N) is 1. The summed E-state index contributed by atoms with van der Waals surface area (Å²) in [5, 5.41) is 2.88. The van der Waals surface area contributed by atoms with Gasteiger partial charge in [0.25, 0.3) is 0 Å². The maximum atomic E-state index is 12.9. The molecule has 1 N–H and O–H groups in total. The van der Waals surface area contributed by atoms with Gasteiger partial charge in [0.1, 0.15) is 11.8 Å². The summed E-state index contributed by atoms with van der Waals surface area (Å²) in [7, 11) is 2.12. The molecule has 8 heteroatoms. The lowest BCUT2D eigenvalue weighted by Gasteiger charge is -2.34. The van der Waals surface area contributed by atoms with Gasteiger partial charge in [-0.2, -0.15) is 0 Å². The minimum Gasteiger partial charge on any atom is -0.367 e. The van der Waals surface area contributed by atoms with Gasteiger partial charge >= 0.3 is 6.03 Å². The number of amides is 1. The van der Waals surface area contributed by atoms with Crippen LogP contribution in [0.25, 0.3) is 11.0 Å². The minimum absolute atomic E-state index is 0.0117. The van der Waals surface area contributed by atoms with Crippen LogP contribution in [0.1, 0.15) is 25.7 Å². The molecule has 2 aromatic rings. The van der Waals surface area contributed by atoms with Gasteiger partial charge in [-0.05, 0) is 37.9 Å². The maximum Gasteiger partial charge on any atom is 0.327 e. The fraction of sp³-hybridized carbons (Fsp3) is 0.600. The van der Waals surface area contributed by atoms with Gasteiger partial charge in [0.15, 0.2) is 0 Å². The smallest absolute Gasteiger partial charge is 0.327 e. The van der Waals surface area contributed by atoms with E-state index in [-0.39, 0.29) is 24.8 Å². The fourth-order valence-corrected chi connectivity index (χ4v) is 4.15. The molecule has 1 saturated carbocycles. The second kappa shape index (κ2) is 7.66. The molecule has 2 heterocycles. The zero-order valence-electron chi connectivity index (χ0n) is 16.2. The number of imidazole rings is 1. The highest BCUT2D eigenvalue weighted by atomic mass is 19.3. The van der Waals surface area contributed by atoms with Crippen molar-refractivity contribution in [2.75, 3.05) is 44.7 Å². The van der Waals surface area contributed by atoms with E-state index in [0.29, 0.717) is 13.0 Å². The highest BCUT2D eigenvalue weighted by Gasteiger charge is 2.44. The first kappa shape index (κ1) is 19.1. The van der Waals surface area contributed by atoms with E-state index in [1.54, 1.807) is 6.33 Å². The molecule has 1 saturated heterocycles. The monoisotopic (exact) mass is 391 g/mol. The van der Waals surface area contributed by atoms with Crippen LogP contribution in [-0.2, 0) is 0 Å². The number of fused-ring (bicyclic) bond motifs is 1. The first-order valence-corrected chi connectivity index (χ1v) is 9.98. The van der Waals surface area contributed by atoms with Crippen LogP contribution in [0, 0.1) is 5.92 Å². The first-order chi connectivity index (χ1) is 13.4. The van der Waals surface area contributed by atoms with E-state index < -0.39 is 5.92 Å². The molecule has 1 aliphatic carbocycles. The van der Waals surface area contributed by atoms with Gasteiger partial charge in [-0.1, -0.05) is 6.07 Å². The van der Waals surface area contributed by atoms with Crippen LogP contribution in [-0.4, -0.2) is 66.2 Å². The quantitative estimate of drug-likeness (QED) is 0.796. The summed E-state index contributed by atoms with van der Waals surface area (Å²) in [5.74, 6) is -2.38. The Hall–Kier alpha value is -2.22. The molecule has 1 amide bonds. The number of halogens is 2. The summed E-state index contributed by atoms with van der Waals surface area (Å²) < 4.78 is 27.3. The van der Waals surface area contributed by atoms with Crippen molar-refractivity contribution in [3.63, 3.8) is 0 Å². The maximum absolute atomic E-state index is 12.9. The average Bonchev–Trinajstić information content (AvgIpc) is 3.08. The van der Waals surface area contributed by atoms with Crippen LogP contribution in [0.4, 0.5) is 19.3 Å². The van der Waals surface area contributed by atoms with Crippen molar-refractivity contribution in [3.8, 4) is 0 Å². The lowest BCUT2D eigenvalue weighted by atomic mass is 9.78. The van der Waals surface area contributed by atoms with E-state index in [1.807, 2.05) is 12.1 Å². The molecule has 0 bridgehead atoms. The van der Waals surface area contributed by atoms with Gasteiger partial charge in [0.2, 0.25) is 5.92 Å². The molecule has 0 unspecified atom stereocenters. The summed E-state index contributed by atoms with van der Waals surface area (Å²) >= 11 is 0. The Kier molecular flexibility index (Phi) is 5.23. The molecule has 4 rings (SSSR count). The number of alkyl halides is 2. The standard InChI is InChI=1S/C20H27F2N5O/c1-25-8-10-26(11-9-25)16-5-2-6-17-18(16)24-14-27(17)19(28)23-7-3-4-15-12-20(21,22)13-15/h2,5-6,14-15H,3-4,7-13H2,1H3,(H,23,28). The Morgan fingerprint density at radius 1 is 1.25 bits per heavy atom. The molecule has 0 radical (unpaired) electrons. The zero-order valence-corrected chi connectivity index (χ0v) is 16.2. The number of hydrogen-bond donors (Lipinski definition) is 1. The molecule has 0 atom stereocenters. The summed E-state index contributed by atoms with van der Waals surface area (Å²) in [6, 6.07) is 5.69. The van der Waals surface area contributed by atoms with E-state index in [9.17, 15) is 13.6 Å². The average molecular weight is 391 g/mol. The molecule has 2 fully saturated rings. The Balaban J connectivity index is 1.36. The van der Waals surface area contributed by atoms with Crippen LogP contribution in [0.15, 0.2) is 24.5 Å². The van der Waals surface area contributed by atoms with Crippen molar-refractivity contribution >= 4 is 22.8 Å².